The average Bonchev–Trinajstić information content (AvgIpc) is 2.07. The molecule has 0 fully saturated rings. The van der Waals surface area contributed by atoms with Crippen molar-refractivity contribution in [1.29, 1.82) is 0 Å². The summed E-state index contributed by atoms with van der Waals surface area (Å²) in [6, 6.07) is 6.68. The monoisotopic (exact) mass is 167 g/mol. The molecule has 11 heavy (non-hydrogen) atoms. The summed E-state index contributed by atoms with van der Waals surface area (Å²) in [5.74, 6) is 0. The zero-order chi connectivity index (χ0) is 8.10. The molecular weight excluding hydrogens is 161 g/mol. The Balaban J connectivity index is 2.81. The number of nitroso groups, excluding NO2 is 1. The van der Waals surface area contributed by atoms with Gasteiger partial charge in [-0.3, -0.25) is 4.57 Å². The van der Waals surface area contributed by atoms with Gasteiger partial charge in [-0.2, -0.15) is 0 Å². The summed E-state index contributed by atoms with van der Waals surface area (Å²) < 4.78 is 10.1. The van der Waals surface area contributed by atoms with E-state index in [-0.39, 0.29) is 8.46 Å². The fraction of sp³-hybridized carbons (Fsp3) is 0.143. The van der Waals surface area contributed by atoms with Crippen molar-refractivity contribution in [3.05, 3.63) is 34.7 Å². The fourth-order valence-electron chi connectivity index (χ4n) is 0.737. The molecule has 0 amide bonds. The summed E-state index contributed by atoms with van der Waals surface area (Å²) >= 11 is 0. The van der Waals surface area contributed by atoms with Crippen LogP contribution in [0.25, 0.3) is 0 Å². The summed E-state index contributed by atoms with van der Waals surface area (Å²) in [6.45, 7) is 0. The highest BCUT2D eigenvalue weighted by Crippen LogP contribution is 2.15. The van der Waals surface area contributed by atoms with Crippen LogP contribution in [-0.4, -0.2) is 0 Å². The van der Waals surface area contributed by atoms with E-state index >= 15 is 0 Å². The van der Waals surface area contributed by atoms with E-state index in [1.54, 1.807) is 24.3 Å². The molecule has 0 heterocycles. The lowest BCUT2D eigenvalue weighted by atomic mass is 10.2. The first-order chi connectivity index (χ1) is 5.36. The molecule has 3 nitrogen and oxygen atoms in total. The quantitative estimate of drug-likeness (QED) is 0.513. The summed E-state index contributed by atoms with van der Waals surface area (Å²) in [5, 5.41) is 2.74. The Hall–Kier alpha value is -1.08. The first kappa shape index (κ1) is 8.02. The Morgan fingerprint density at radius 3 is 2.36 bits per heavy atom. The van der Waals surface area contributed by atoms with Crippen LogP contribution in [0.4, 0.5) is 5.69 Å². The van der Waals surface area contributed by atoms with E-state index in [0.29, 0.717) is 11.8 Å². The van der Waals surface area contributed by atoms with Crippen LogP contribution in [0.15, 0.2) is 29.4 Å². The van der Waals surface area contributed by atoms with E-state index in [1.165, 1.54) is 0 Å². The molecule has 0 N–H and O–H groups in total. The smallest absolute Gasteiger partial charge is 0.160 e. The molecule has 0 unspecified atom stereocenters. The van der Waals surface area contributed by atoms with Gasteiger partial charge in [0, 0.05) is 0 Å². The molecule has 0 aliphatic carbocycles. The van der Waals surface area contributed by atoms with Crippen molar-refractivity contribution in [2.24, 2.45) is 5.18 Å². The number of hydrogen-bond donors (Lipinski definition) is 0. The Kier molecular flexibility index (Phi) is 2.87. The van der Waals surface area contributed by atoms with Crippen molar-refractivity contribution in [1.82, 2.24) is 0 Å². The normalized spacial score (nSPS) is 9.82. The third-order valence-corrected chi connectivity index (χ3v) is 1.78. The van der Waals surface area contributed by atoms with Gasteiger partial charge in [-0.25, -0.2) is 0 Å². The summed E-state index contributed by atoms with van der Waals surface area (Å²) in [7, 11) is 0.0917. The Bertz CT molecular complexity index is 258. The maximum absolute atomic E-state index is 10.1. The lowest BCUT2D eigenvalue weighted by Crippen LogP contribution is -1.73. The van der Waals surface area contributed by atoms with Crippen LogP contribution in [0.2, 0.25) is 0 Å². The summed E-state index contributed by atoms with van der Waals surface area (Å²) in [5.41, 5.74) is 1.34. The predicted octanol–water partition coefficient (Wildman–Crippen LogP) is 2.88. The third-order valence-electron chi connectivity index (χ3n) is 1.29. The van der Waals surface area contributed by atoms with Crippen molar-refractivity contribution < 1.29 is 4.57 Å². The molecule has 0 aromatic heterocycles. The van der Waals surface area contributed by atoms with E-state index in [2.05, 4.69) is 5.18 Å². The standard InChI is InChI=1S/C7H6NO2P/c9-8-7-3-1-6(2-4-7)5-11-10/h1-4H,5H2. The van der Waals surface area contributed by atoms with Gasteiger partial charge in [0.2, 0.25) is 0 Å². The predicted molar refractivity (Wildman–Crippen MR) is 43.2 cm³/mol. The van der Waals surface area contributed by atoms with Crippen molar-refractivity contribution >= 4 is 14.1 Å². The van der Waals surface area contributed by atoms with Crippen LogP contribution in [0, 0.1) is 4.91 Å². The van der Waals surface area contributed by atoms with Crippen molar-refractivity contribution in [2.75, 3.05) is 0 Å². The number of nitrogens with zero attached hydrogens (tertiary/aromatic N) is 1. The molecule has 0 saturated heterocycles. The molecular formula is C7H6NO2P. The molecule has 1 aromatic carbocycles. The first-order valence-corrected chi connectivity index (χ1v) is 4.08. The topological polar surface area (TPSA) is 46.5 Å². The van der Waals surface area contributed by atoms with Crippen LogP contribution in [0.1, 0.15) is 5.56 Å². The van der Waals surface area contributed by atoms with Gasteiger partial charge >= 0.3 is 0 Å². The van der Waals surface area contributed by atoms with Crippen molar-refractivity contribution in [3.8, 4) is 0 Å². The minimum atomic E-state index is 0.0917. The molecule has 1 aromatic rings. The highest BCUT2D eigenvalue weighted by Gasteiger charge is 1.92. The van der Waals surface area contributed by atoms with Gasteiger partial charge in [-0.1, -0.05) is 12.1 Å². The average molecular weight is 167 g/mol. The number of hydrogen-bond acceptors (Lipinski definition) is 3. The molecule has 0 radical (unpaired) electrons. The molecule has 0 saturated carbocycles. The van der Waals surface area contributed by atoms with Gasteiger partial charge in [0.1, 0.15) is 5.69 Å². The zero-order valence-corrected chi connectivity index (χ0v) is 6.62. The van der Waals surface area contributed by atoms with Crippen LogP contribution >= 0.6 is 8.46 Å². The van der Waals surface area contributed by atoms with Gasteiger partial charge in [0.25, 0.3) is 0 Å². The number of rotatable bonds is 3. The highest BCUT2D eigenvalue weighted by molar-refractivity contribution is 7.22. The largest absolute Gasteiger partial charge is 0.275 e. The van der Waals surface area contributed by atoms with Gasteiger partial charge in [0.05, 0.1) is 6.16 Å². The Labute approximate surface area is 65.6 Å². The minimum Gasteiger partial charge on any atom is -0.275 e. The highest BCUT2D eigenvalue weighted by atomic mass is 31.1. The second-order valence-electron chi connectivity index (χ2n) is 2.04. The minimum absolute atomic E-state index is 0.0917. The molecule has 1 rings (SSSR count). The van der Waals surface area contributed by atoms with Crippen molar-refractivity contribution in [2.45, 2.75) is 6.16 Å². The van der Waals surface area contributed by atoms with E-state index in [1.807, 2.05) is 0 Å². The molecule has 0 aliphatic rings. The van der Waals surface area contributed by atoms with Crippen LogP contribution in [0.3, 0.4) is 0 Å². The molecule has 4 heteroatoms. The molecule has 0 aliphatic heterocycles. The second kappa shape index (κ2) is 3.94. The van der Waals surface area contributed by atoms with Gasteiger partial charge in [-0.15, -0.1) is 4.91 Å². The van der Waals surface area contributed by atoms with Crippen LogP contribution in [0.5, 0.6) is 0 Å². The molecule has 0 spiro atoms. The van der Waals surface area contributed by atoms with Gasteiger partial charge in [-0.05, 0) is 22.9 Å². The molecule has 56 valence electrons. The van der Waals surface area contributed by atoms with E-state index in [0.717, 1.165) is 5.56 Å². The Morgan fingerprint density at radius 2 is 1.91 bits per heavy atom. The zero-order valence-electron chi connectivity index (χ0n) is 5.73. The van der Waals surface area contributed by atoms with E-state index in [9.17, 15) is 9.47 Å². The third kappa shape index (κ3) is 2.20. The lowest BCUT2D eigenvalue weighted by Gasteiger charge is -1.91. The summed E-state index contributed by atoms with van der Waals surface area (Å²) in [6.07, 6.45) is 0.485. The van der Waals surface area contributed by atoms with Crippen LogP contribution in [-0.2, 0) is 10.7 Å². The van der Waals surface area contributed by atoms with E-state index < -0.39 is 0 Å². The maximum Gasteiger partial charge on any atom is 0.160 e. The SMILES string of the molecule is O=Nc1ccc(CP=O)cc1. The van der Waals surface area contributed by atoms with Gasteiger partial charge < -0.3 is 0 Å². The second-order valence-corrected chi connectivity index (χ2v) is 2.62. The van der Waals surface area contributed by atoms with E-state index in [4.69, 9.17) is 0 Å². The maximum atomic E-state index is 10.1. The fourth-order valence-corrected chi connectivity index (χ4v) is 1.10. The summed E-state index contributed by atoms with van der Waals surface area (Å²) in [4.78, 5) is 9.96. The molecule has 0 atom stereocenters. The Morgan fingerprint density at radius 1 is 1.27 bits per heavy atom. The first-order valence-electron chi connectivity index (χ1n) is 3.08. The lowest BCUT2D eigenvalue weighted by molar-refractivity contribution is 0.598. The van der Waals surface area contributed by atoms with Crippen LogP contribution < -0.4 is 0 Å². The molecule has 0 bridgehead atoms. The van der Waals surface area contributed by atoms with Gasteiger partial charge in [0.15, 0.2) is 8.46 Å². The van der Waals surface area contributed by atoms with Crippen molar-refractivity contribution in [3.63, 3.8) is 0 Å². The number of benzene rings is 1.